The molecule has 2 aromatic rings. The van der Waals surface area contributed by atoms with E-state index in [2.05, 4.69) is 9.84 Å². The van der Waals surface area contributed by atoms with Crippen molar-refractivity contribution in [3.8, 4) is 5.69 Å². The number of aromatic carboxylic acids is 1. The summed E-state index contributed by atoms with van der Waals surface area (Å²) < 4.78 is 6.14. The number of methoxy groups -OCH3 is 1. The largest absolute Gasteiger partial charge is 0.476 e. The third-order valence-corrected chi connectivity index (χ3v) is 4.04. The van der Waals surface area contributed by atoms with Gasteiger partial charge in [-0.05, 0) is 30.5 Å². The van der Waals surface area contributed by atoms with Crippen molar-refractivity contribution in [1.29, 1.82) is 0 Å². The molecule has 0 bridgehead atoms. The number of ether oxygens (including phenoxy) is 1. The van der Waals surface area contributed by atoms with Crippen LogP contribution in [0.5, 0.6) is 0 Å². The van der Waals surface area contributed by atoms with Gasteiger partial charge in [0, 0.05) is 6.42 Å². The topological polar surface area (TPSA) is 98.5 Å². The maximum Gasteiger partial charge on any atom is 0.357 e. The maximum absolute atomic E-state index is 12.1. The van der Waals surface area contributed by atoms with E-state index < -0.39 is 5.97 Å². The lowest BCUT2D eigenvalue weighted by atomic mass is 9.94. The number of carboxylic acid groups (broad SMARTS) is 1. The zero-order valence-corrected chi connectivity index (χ0v) is 13.1. The summed E-state index contributed by atoms with van der Waals surface area (Å²) in [4.78, 5) is 34.8. The summed E-state index contributed by atoms with van der Waals surface area (Å²) in [6.07, 6.45) is 1.78. The fraction of sp³-hybridized carbons (Fsp3) is 0.294. The van der Waals surface area contributed by atoms with Gasteiger partial charge in [0.1, 0.15) is 0 Å². The molecule has 0 radical (unpaired) electrons. The summed E-state index contributed by atoms with van der Waals surface area (Å²) in [6, 6.07) is 7.00. The predicted molar refractivity (Wildman–Crippen MR) is 83.5 cm³/mol. The second kappa shape index (κ2) is 6.27. The highest BCUT2D eigenvalue weighted by Crippen LogP contribution is 2.27. The molecule has 0 fully saturated rings. The molecule has 0 aliphatic heterocycles. The third kappa shape index (κ3) is 2.80. The van der Waals surface area contributed by atoms with E-state index in [-0.39, 0.29) is 29.4 Å². The molecule has 3 rings (SSSR count). The molecule has 0 spiro atoms. The lowest BCUT2D eigenvalue weighted by molar-refractivity contribution is -0.139. The Kier molecular flexibility index (Phi) is 4.16. The van der Waals surface area contributed by atoms with E-state index >= 15 is 0 Å². The molecule has 24 heavy (non-hydrogen) atoms. The fourth-order valence-corrected chi connectivity index (χ4v) is 2.88. The molecule has 0 saturated heterocycles. The first-order chi connectivity index (χ1) is 11.5. The van der Waals surface area contributed by atoms with Crippen molar-refractivity contribution < 1.29 is 24.2 Å². The Hall–Kier alpha value is -2.96. The highest BCUT2D eigenvalue weighted by Gasteiger charge is 2.30. The van der Waals surface area contributed by atoms with Crippen LogP contribution in [-0.2, 0) is 22.4 Å². The number of ketones is 1. The normalized spacial score (nSPS) is 13.5. The Balaban J connectivity index is 2.01. The zero-order chi connectivity index (χ0) is 17.3. The van der Waals surface area contributed by atoms with Crippen LogP contribution < -0.4 is 0 Å². The van der Waals surface area contributed by atoms with Crippen molar-refractivity contribution in [2.45, 2.75) is 25.7 Å². The molecule has 1 aliphatic rings. The number of rotatable bonds is 4. The molecule has 0 amide bonds. The Bertz CT molecular complexity index is 820. The minimum absolute atomic E-state index is 0.160. The Morgan fingerprint density at radius 1 is 1.25 bits per heavy atom. The number of hydrogen-bond acceptors (Lipinski definition) is 5. The van der Waals surface area contributed by atoms with E-state index in [1.807, 2.05) is 0 Å². The summed E-state index contributed by atoms with van der Waals surface area (Å²) in [5.74, 6) is -1.72. The van der Waals surface area contributed by atoms with Crippen LogP contribution in [0.1, 0.15) is 44.9 Å². The number of benzene rings is 1. The number of hydrogen-bond donors (Lipinski definition) is 1. The van der Waals surface area contributed by atoms with Gasteiger partial charge in [-0.3, -0.25) is 9.59 Å². The molecule has 1 aliphatic carbocycles. The molecule has 1 heterocycles. The Labute approximate surface area is 137 Å². The second-order valence-corrected chi connectivity index (χ2v) is 5.58. The average Bonchev–Trinajstić information content (AvgIpc) is 2.97. The molecule has 7 heteroatoms. The molecule has 124 valence electrons. The van der Waals surface area contributed by atoms with Crippen LogP contribution in [0.2, 0.25) is 0 Å². The van der Waals surface area contributed by atoms with Crippen LogP contribution in [0.15, 0.2) is 24.3 Å². The lowest BCUT2D eigenvalue weighted by Crippen LogP contribution is -2.14. The predicted octanol–water partition coefficient (Wildman–Crippen LogP) is 1.80. The Morgan fingerprint density at radius 3 is 2.58 bits per heavy atom. The minimum Gasteiger partial charge on any atom is -0.476 e. The van der Waals surface area contributed by atoms with E-state index in [9.17, 15) is 19.5 Å². The first kappa shape index (κ1) is 15.9. The number of carbonyl (C=O) groups excluding carboxylic acids is 2. The number of carboxylic acids is 1. The summed E-state index contributed by atoms with van der Waals surface area (Å²) in [5, 5.41) is 13.4. The van der Waals surface area contributed by atoms with Crippen molar-refractivity contribution in [3.63, 3.8) is 0 Å². The van der Waals surface area contributed by atoms with Crippen molar-refractivity contribution in [2.75, 3.05) is 7.11 Å². The first-order valence-corrected chi connectivity index (χ1v) is 7.55. The van der Waals surface area contributed by atoms with Crippen LogP contribution in [-0.4, -0.2) is 39.7 Å². The molecule has 1 aromatic heterocycles. The molecular formula is C17H16N2O5. The Morgan fingerprint density at radius 2 is 1.96 bits per heavy atom. The van der Waals surface area contributed by atoms with Crippen LogP contribution in [0.4, 0.5) is 0 Å². The van der Waals surface area contributed by atoms with E-state index in [0.717, 1.165) is 5.56 Å². The van der Waals surface area contributed by atoms with E-state index in [0.29, 0.717) is 30.6 Å². The standard InChI is InChI=1S/C17H16N2O5/c1-24-14(21)9-10-5-7-11(8-6-10)19-12-3-2-4-13(20)15(12)16(18-19)17(22)23/h5-8H,2-4,9H2,1H3,(H,22,23). The third-order valence-electron chi connectivity index (χ3n) is 4.04. The molecule has 0 unspecified atom stereocenters. The first-order valence-electron chi connectivity index (χ1n) is 7.55. The number of Topliss-reactive ketones (excluding diaryl/α,β-unsaturated/α-hetero) is 1. The van der Waals surface area contributed by atoms with Gasteiger partial charge in [0.15, 0.2) is 11.5 Å². The van der Waals surface area contributed by atoms with Gasteiger partial charge in [-0.15, -0.1) is 0 Å². The number of nitrogens with zero attached hydrogens (tertiary/aromatic N) is 2. The van der Waals surface area contributed by atoms with Gasteiger partial charge in [0.25, 0.3) is 0 Å². The quantitative estimate of drug-likeness (QED) is 0.859. The van der Waals surface area contributed by atoms with Gasteiger partial charge in [-0.25, -0.2) is 9.48 Å². The summed E-state index contributed by atoms with van der Waals surface area (Å²) in [6.45, 7) is 0. The minimum atomic E-state index is -1.21. The van der Waals surface area contributed by atoms with Crippen LogP contribution in [0, 0.1) is 0 Å². The summed E-state index contributed by atoms with van der Waals surface area (Å²) >= 11 is 0. The fourth-order valence-electron chi connectivity index (χ4n) is 2.88. The van der Waals surface area contributed by atoms with Crippen LogP contribution in [0.25, 0.3) is 5.69 Å². The van der Waals surface area contributed by atoms with Gasteiger partial charge in [0.05, 0.1) is 30.5 Å². The van der Waals surface area contributed by atoms with Crippen molar-refractivity contribution in [3.05, 3.63) is 46.8 Å². The molecule has 7 nitrogen and oxygen atoms in total. The van der Waals surface area contributed by atoms with Crippen molar-refractivity contribution >= 4 is 17.7 Å². The van der Waals surface area contributed by atoms with Gasteiger partial charge < -0.3 is 9.84 Å². The van der Waals surface area contributed by atoms with E-state index in [1.165, 1.54) is 11.8 Å². The summed E-state index contributed by atoms with van der Waals surface area (Å²) in [5.41, 5.74) is 2.08. The number of fused-ring (bicyclic) bond motifs is 1. The van der Waals surface area contributed by atoms with Crippen molar-refractivity contribution in [1.82, 2.24) is 9.78 Å². The second-order valence-electron chi connectivity index (χ2n) is 5.58. The SMILES string of the molecule is COC(=O)Cc1ccc(-n2nc(C(=O)O)c3c2CCCC3=O)cc1. The van der Waals surface area contributed by atoms with Gasteiger partial charge in [-0.2, -0.15) is 5.10 Å². The van der Waals surface area contributed by atoms with E-state index in [4.69, 9.17) is 0 Å². The van der Waals surface area contributed by atoms with Gasteiger partial charge >= 0.3 is 11.9 Å². The average molecular weight is 328 g/mol. The monoisotopic (exact) mass is 328 g/mol. The number of carbonyl (C=O) groups is 3. The zero-order valence-electron chi connectivity index (χ0n) is 13.1. The molecule has 0 saturated carbocycles. The van der Waals surface area contributed by atoms with Crippen LogP contribution >= 0.6 is 0 Å². The van der Waals surface area contributed by atoms with Gasteiger partial charge in [0.2, 0.25) is 0 Å². The molecular weight excluding hydrogens is 312 g/mol. The molecule has 0 atom stereocenters. The smallest absolute Gasteiger partial charge is 0.357 e. The lowest BCUT2D eigenvalue weighted by Gasteiger charge is -2.13. The number of esters is 1. The van der Waals surface area contributed by atoms with E-state index in [1.54, 1.807) is 24.3 Å². The highest BCUT2D eigenvalue weighted by atomic mass is 16.5. The maximum atomic E-state index is 12.1. The summed E-state index contributed by atoms with van der Waals surface area (Å²) in [7, 11) is 1.33. The molecule has 1 aromatic carbocycles. The molecule has 1 N–H and O–H groups in total. The van der Waals surface area contributed by atoms with Crippen molar-refractivity contribution in [2.24, 2.45) is 0 Å². The van der Waals surface area contributed by atoms with Crippen LogP contribution in [0.3, 0.4) is 0 Å². The van der Waals surface area contributed by atoms with Gasteiger partial charge in [-0.1, -0.05) is 12.1 Å². The highest BCUT2D eigenvalue weighted by molar-refractivity contribution is 6.06. The number of aromatic nitrogens is 2.